The van der Waals surface area contributed by atoms with E-state index in [1.165, 1.54) is 6.20 Å². The van der Waals surface area contributed by atoms with Gasteiger partial charge in [-0.2, -0.15) is 10.5 Å². The minimum atomic E-state index is -0.339. The summed E-state index contributed by atoms with van der Waals surface area (Å²) in [5.41, 5.74) is 1.79. The fourth-order valence-electron chi connectivity index (χ4n) is 1.68. The molecule has 2 rings (SSSR count). The lowest BCUT2D eigenvalue weighted by Gasteiger charge is -2.07. The predicted octanol–water partition coefficient (Wildman–Crippen LogP) is 2.27. The number of anilines is 1. The van der Waals surface area contributed by atoms with E-state index in [1.54, 1.807) is 36.4 Å². The van der Waals surface area contributed by atoms with Gasteiger partial charge in [-0.3, -0.25) is 9.78 Å². The second kappa shape index (κ2) is 6.12. The number of carbonyl (C=O) groups is 1. The quantitative estimate of drug-likeness (QED) is 0.918. The first-order chi connectivity index (χ1) is 9.74. The van der Waals surface area contributed by atoms with Crippen LogP contribution in [0.1, 0.15) is 21.6 Å². The van der Waals surface area contributed by atoms with Crippen LogP contribution in [0.15, 0.2) is 42.6 Å². The van der Waals surface area contributed by atoms with Gasteiger partial charge in [-0.1, -0.05) is 12.1 Å². The number of hydrogen-bond acceptors (Lipinski definition) is 4. The monoisotopic (exact) mass is 262 g/mol. The molecule has 5 nitrogen and oxygen atoms in total. The maximum atomic E-state index is 12.1. The smallest absolute Gasteiger partial charge is 0.255 e. The molecular weight excluding hydrogens is 252 g/mol. The Morgan fingerprint density at radius 2 is 2.05 bits per heavy atom. The molecule has 0 aliphatic heterocycles. The maximum Gasteiger partial charge on any atom is 0.255 e. The number of pyridine rings is 1. The number of nitriles is 2. The van der Waals surface area contributed by atoms with Crippen molar-refractivity contribution in [3.05, 3.63) is 59.4 Å². The van der Waals surface area contributed by atoms with Crippen LogP contribution >= 0.6 is 0 Å². The zero-order chi connectivity index (χ0) is 14.4. The van der Waals surface area contributed by atoms with E-state index in [9.17, 15) is 4.79 Å². The van der Waals surface area contributed by atoms with Crippen LogP contribution in [0.25, 0.3) is 0 Å². The van der Waals surface area contributed by atoms with E-state index < -0.39 is 0 Å². The van der Waals surface area contributed by atoms with Gasteiger partial charge >= 0.3 is 0 Å². The summed E-state index contributed by atoms with van der Waals surface area (Å²) in [5.74, 6) is -0.339. The topological polar surface area (TPSA) is 89.6 Å². The molecule has 1 amide bonds. The minimum Gasteiger partial charge on any atom is -0.321 e. The normalized spacial score (nSPS) is 9.30. The lowest BCUT2D eigenvalue weighted by molar-refractivity contribution is 0.102. The fraction of sp³-hybridized carbons (Fsp3) is 0.0667. The van der Waals surface area contributed by atoms with Crippen LogP contribution in [0.4, 0.5) is 5.69 Å². The van der Waals surface area contributed by atoms with E-state index in [4.69, 9.17) is 10.5 Å². The largest absolute Gasteiger partial charge is 0.321 e. The van der Waals surface area contributed by atoms with Crippen molar-refractivity contribution in [2.24, 2.45) is 0 Å². The molecule has 96 valence electrons. The first-order valence-corrected chi connectivity index (χ1v) is 5.87. The molecule has 0 saturated carbocycles. The summed E-state index contributed by atoms with van der Waals surface area (Å²) in [4.78, 5) is 16.1. The van der Waals surface area contributed by atoms with Gasteiger partial charge in [-0.25, -0.2) is 0 Å². The Hall–Kier alpha value is -3.18. The van der Waals surface area contributed by atoms with Crippen LogP contribution in [0, 0.1) is 22.7 Å². The third-order valence-electron chi connectivity index (χ3n) is 2.63. The first kappa shape index (κ1) is 13.3. The zero-order valence-electron chi connectivity index (χ0n) is 10.5. The number of carbonyl (C=O) groups excluding carboxylic acids is 1. The number of hydrogen-bond donors (Lipinski definition) is 1. The van der Waals surface area contributed by atoms with Gasteiger partial charge < -0.3 is 5.32 Å². The molecular formula is C15H10N4O. The molecule has 1 N–H and O–H groups in total. The van der Waals surface area contributed by atoms with Crippen LogP contribution in [0.3, 0.4) is 0 Å². The van der Waals surface area contributed by atoms with Crippen molar-refractivity contribution in [3.63, 3.8) is 0 Å². The van der Waals surface area contributed by atoms with Gasteiger partial charge in [-0.15, -0.1) is 0 Å². The molecule has 0 aliphatic rings. The third kappa shape index (κ3) is 2.98. The zero-order valence-corrected chi connectivity index (χ0v) is 10.5. The highest BCUT2D eigenvalue weighted by molar-refractivity contribution is 6.04. The van der Waals surface area contributed by atoms with E-state index in [0.717, 1.165) is 0 Å². The average molecular weight is 262 g/mol. The number of para-hydroxylation sites is 1. The molecule has 0 spiro atoms. The number of nitrogens with one attached hydrogen (secondary N) is 1. The van der Waals surface area contributed by atoms with Crippen LogP contribution < -0.4 is 5.32 Å². The van der Waals surface area contributed by atoms with Gasteiger partial charge in [0, 0.05) is 11.8 Å². The van der Waals surface area contributed by atoms with Gasteiger partial charge in [0.25, 0.3) is 5.91 Å². The first-order valence-electron chi connectivity index (χ1n) is 5.87. The Morgan fingerprint density at radius 3 is 2.80 bits per heavy atom. The van der Waals surface area contributed by atoms with E-state index in [-0.39, 0.29) is 12.3 Å². The minimum absolute atomic E-state index is 0.149. The summed E-state index contributed by atoms with van der Waals surface area (Å²) in [6.07, 6.45) is 1.63. The van der Waals surface area contributed by atoms with Crippen molar-refractivity contribution < 1.29 is 4.79 Å². The van der Waals surface area contributed by atoms with Gasteiger partial charge in [0.15, 0.2) is 0 Å². The average Bonchev–Trinajstić information content (AvgIpc) is 2.48. The standard InChI is InChI=1S/C15H10N4O/c16-7-5-13-9-11(6-8-18-13)15(20)19-14-4-2-1-3-12(14)10-17/h1-4,6,8-9H,5H2,(H,19,20). The van der Waals surface area contributed by atoms with Crippen molar-refractivity contribution in [1.82, 2.24) is 4.98 Å². The summed E-state index contributed by atoms with van der Waals surface area (Å²) in [6.45, 7) is 0. The van der Waals surface area contributed by atoms with Crippen molar-refractivity contribution in [2.45, 2.75) is 6.42 Å². The van der Waals surface area contributed by atoms with Crippen molar-refractivity contribution in [1.29, 1.82) is 10.5 Å². The molecule has 5 heteroatoms. The van der Waals surface area contributed by atoms with Gasteiger partial charge in [0.05, 0.1) is 29.4 Å². The van der Waals surface area contributed by atoms with E-state index >= 15 is 0 Å². The predicted molar refractivity (Wildman–Crippen MR) is 72.7 cm³/mol. The van der Waals surface area contributed by atoms with Crippen LogP contribution in [-0.4, -0.2) is 10.9 Å². The van der Waals surface area contributed by atoms with Gasteiger partial charge in [0.1, 0.15) is 6.07 Å². The molecule has 0 aliphatic carbocycles. The summed E-state index contributed by atoms with van der Waals surface area (Å²) in [5, 5.41) is 20.3. The molecule has 0 unspecified atom stereocenters. The Bertz CT molecular complexity index is 725. The Balaban J connectivity index is 2.23. The Labute approximate surface area is 116 Å². The lowest BCUT2D eigenvalue weighted by Crippen LogP contribution is -2.13. The van der Waals surface area contributed by atoms with Gasteiger partial charge in [0.2, 0.25) is 0 Å². The third-order valence-corrected chi connectivity index (χ3v) is 2.63. The SMILES string of the molecule is N#CCc1cc(C(=O)Nc2ccccc2C#N)ccn1. The number of amides is 1. The summed E-state index contributed by atoms with van der Waals surface area (Å²) in [7, 11) is 0. The Kier molecular flexibility index (Phi) is 4.06. The van der Waals surface area contributed by atoms with Crippen LogP contribution in [-0.2, 0) is 6.42 Å². The highest BCUT2D eigenvalue weighted by atomic mass is 16.1. The van der Waals surface area contributed by atoms with E-state index in [0.29, 0.717) is 22.5 Å². The highest BCUT2D eigenvalue weighted by Crippen LogP contribution is 2.15. The maximum absolute atomic E-state index is 12.1. The molecule has 1 aromatic heterocycles. The van der Waals surface area contributed by atoms with Gasteiger partial charge in [-0.05, 0) is 24.3 Å². The molecule has 1 aromatic carbocycles. The molecule has 2 aromatic rings. The van der Waals surface area contributed by atoms with E-state index in [2.05, 4.69) is 10.3 Å². The van der Waals surface area contributed by atoms with Crippen molar-refractivity contribution >= 4 is 11.6 Å². The molecule has 1 heterocycles. The van der Waals surface area contributed by atoms with Crippen LogP contribution in [0.2, 0.25) is 0 Å². The number of rotatable bonds is 3. The van der Waals surface area contributed by atoms with E-state index in [1.807, 2.05) is 12.1 Å². The Morgan fingerprint density at radius 1 is 1.25 bits per heavy atom. The second-order valence-electron chi connectivity index (χ2n) is 3.98. The summed E-state index contributed by atoms with van der Waals surface area (Å²) in [6, 6.07) is 13.9. The molecule has 0 saturated heterocycles. The summed E-state index contributed by atoms with van der Waals surface area (Å²) < 4.78 is 0. The molecule has 0 atom stereocenters. The second-order valence-corrected chi connectivity index (χ2v) is 3.98. The van der Waals surface area contributed by atoms with Crippen LogP contribution in [0.5, 0.6) is 0 Å². The molecule has 0 bridgehead atoms. The molecule has 0 radical (unpaired) electrons. The fourth-order valence-corrected chi connectivity index (χ4v) is 1.68. The highest BCUT2D eigenvalue weighted by Gasteiger charge is 2.09. The summed E-state index contributed by atoms with van der Waals surface area (Å²) >= 11 is 0. The number of benzene rings is 1. The number of aromatic nitrogens is 1. The molecule has 0 fully saturated rings. The van der Waals surface area contributed by atoms with Crippen molar-refractivity contribution in [2.75, 3.05) is 5.32 Å². The lowest BCUT2D eigenvalue weighted by atomic mass is 10.1. The molecule has 20 heavy (non-hydrogen) atoms. The van der Waals surface area contributed by atoms with Crippen molar-refractivity contribution in [3.8, 4) is 12.1 Å². The number of nitrogens with zero attached hydrogens (tertiary/aromatic N) is 3.